The highest BCUT2D eigenvalue weighted by Gasteiger charge is 2.58. The van der Waals surface area contributed by atoms with Crippen molar-refractivity contribution in [2.45, 2.75) is 31.2 Å². The number of hydrogen-bond donors (Lipinski definition) is 2. The maximum absolute atomic E-state index is 13.6. The summed E-state index contributed by atoms with van der Waals surface area (Å²) in [6.45, 7) is 4.06. The van der Waals surface area contributed by atoms with E-state index < -0.39 is 29.1 Å². The van der Waals surface area contributed by atoms with Crippen molar-refractivity contribution in [2.75, 3.05) is 32.8 Å². The number of aromatic nitrogens is 1. The van der Waals surface area contributed by atoms with E-state index in [1.807, 2.05) is 30.3 Å². The topological polar surface area (TPSA) is 74.7 Å². The molecule has 10 heteroatoms. The predicted molar refractivity (Wildman–Crippen MR) is 106 cm³/mol. The number of benzene rings is 1. The Balaban J connectivity index is 1.72. The molecule has 0 spiro atoms. The Bertz CT molecular complexity index is 841. The van der Waals surface area contributed by atoms with Crippen LogP contribution in [0.15, 0.2) is 35.7 Å². The van der Waals surface area contributed by atoms with Gasteiger partial charge in [-0.15, -0.1) is 11.3 Å². The molecule has 1 aliphatic rings. The second kappa shape index (κ2) is 9.42. The van der Waals surface area contributed by atoms with Crippen LogP contribution in [0.1, 0.15) is 28.7 Å². The maximum atomic E-state index is 13.6. The summed E-state index contributed by atoms with van der Waals surface area (Å²) in [6, 6.07) is 9.24. The molecule has 1 fully saturated rings. The van der Waals surface area contributed by atoms with Gasteiger partial charge in [-0.3, -0.25) is 9.69 Å². The second-order valence-corrected chi connectivity index (χ2v) is 8.07. The molecule has 1 aromatic carbocycles. The van der Waals surface area contributed by atoms with Crippen molar-refractivity contribution in [1.29, 1.82) is 0 Å². The molecule has 2 atom stereocenters. The van der Waals surface area contributed by atoms with Gasteiger partial charge in [-0.2, -0.15) is 13.2 Å². The van der Waals surface area contributed by atoms with Crippen LogP contribution in [0, 0.1) is 6.92 Å². The van der Waals surface area contributed by atoms with Gasteiger partial charge in [0.2, 0.25) is 11.5 Å². The number of amides is 1. The lowest BCUT2D eigenvalue weighted by Gasteiger charge is -2.35. The summed E-state index contributed by atoms with van der Waals surface area (Å²) in [5, 5.41) is 13.8. The number of aliphatic hydroxyl groups is 1. The van der Waals surface area contributed by atoms with Crippen LogP contribution < -0.4 is 5.32 Å². The Kier molecular flexibility index (Phi) is 7.12. The highest BCUT2D eigenvalue weighted by atomic mass is 32.1. The Hall–Kier alpha value is -2.01. The van der Waals surface area contributed by atoms with E-state index in [0.29, 0.717) is 43.3 Å². The minimum absolute atomic E-state index is 0.119. The summed E-state index contributed by atoms with van der Waals surface area (Å²) in [7, 11) is 0. The van der Waals surface area contributed by atoms with E-state index in [2.05, 4.69) is 15.2 Å². The fourth-order valence-electron chi connectivity index (χ4n) is 3.37. The van der Waals surface area contributed by atoms with E-state index in [1.165, 1.54) is 12.3 Å². The van der Waals surface area contributed by atoms with Crippen molar-refractivity contribution in [3.8, 4) is 0 Å². The van der Waals surface area contributed by atoms with Gasteiger partial charge < -0.3 is 15.2 Å². The first kappa shape index (κ1) is 22.7. The van der Waals surface area contributed by atoms with Gasteiger partial charge in [0.1, 0.15) is 5.01 Å². The normalized spacial score (nSPS) is 18.6. The molecule has 2 N–H and O–H groups in total. The number of nitrogens with one attached hydrogen (secondary N) is 1. The Morgan fingerprint density at radius 1 is 1.30 bits per heavy atom. The average Bonchev–Trinajstić information content (AvgIpc) is 3.16. The van der Waals surface area contributed by atoms with Crippen LogP contribution in [0.4, 0.5) is 13.2 Å². The maximum Gasteiger partial charge on any atom is 0.424 e. The number of thiazole rings is 1. The first-order valence-corrected chi connectivity index (χ1v) is 10.4. The van der Waals surface area contributed by atoms with E-state index >= 15 is 0 Å². The molecule has 3 rings (SSSR count). The Morgan fingerprint density at radius 2 is 1.97 bits per heavy atom. The number of ether oxygens (including phenoxy) is 1. The van der Waals surface area contributed by atoms with Crippen molar-refractivity contribution in [1.82, 2.24) is 15.2 Å². The third-order valence-electron chi connectivity index (χ3n) is 5.02. The SMILES string of the molecule is Cc1csc(C(O)(CC(=O)NCC(c2ccccc2)N2CCOCC2)C(F)(F)F)n1. The van der Waals surface area contributed by atoms with Crippen LogP contribution in [-0.2, 0) is 15.1 Å². The fraction of sp³-hybridized carbons (Fsp3) is 0.500. The van der Waals surface area contributed by atoms with Gasteiger partial charge in [-0.1, -0.05) is 30.3 Å². The van der Waals surface area contributed by atoms with Crippen LogP contribution >= 0.6 is 11.3 Å². The lowest BCUT2D eigenvalue weighted by molar-refractivity contribution is -0.267. The highest BCUT2D eigenvalue weighted by Crippen LogP contribution is 2.42. The monoisotopic (exact) mass is 443 g/mol. The quantitative estimate of drug-likeness (QED) is 0.689. The smallest absolute Gasteiger partial charge is 0.379 e. The zero-order valence-electron chi connectivity index (χ0n) is 16.5. The molecule has 1 amide bonds. The Labute approximate surface area is 176 Å². The molecule has 1 saturated heterocycles. The van der Waals surface area contributed by atoms with Crippen molar-refractivity contribution in [3.63, 3.8) is 0 Å². The van der Waals surface area contributed by atoms with Crippen molar-refractivity contribution < 1.29 is 27.8 Å². The number of aryl methyl sites for hydroxylation is 1. The third kappa shape index (κ3) is 5.18. The molecule has 0 radical (unpaired) electrons. The van der Waals surface area contributed by atoms with Gasteiger partial charge in [-0.05, 0) is 12.5 Å². The predicted octanol–water partition coefficient (Wildman–Crippen LogP) is 2.78. The molecule has 0 aliphatic carbocycles. The molecule has 2 aromatic rings. The number of rotatable bonds is 7. The van der Waals surface area contributed by atoms with Crippen LogP contribution in [0.3, 0.4) is 0 Å². The molecule has 0 bridgehead atoms. The molecule has 2 unspecified atom stereocenters. The van der Waals surface area contributed by atoms with Crippen LogP contribution in [-0.4, -0.2) is 59.9 Å². The van der Waals surface area contributed by atoms with Crippen LogP contribution in [0.2, 0.25) is 0 Å². The lowest BCUT2D eigenvalue weighted by atomic mass is 9.98. The molecule has 164 valence electrons. The number of carbonyl (C=O) groups excluding carboxylic acids is 1. The summed E-state index contributed by atoms with van der Waals surface area (Å²) < 4.78 is 46.3. The summed E-state index contributed by atoms with van der Waals surface area (Å²) in [6.07, 6.45) is -6.17. The molecule has 30 heavy (non-hydrogen) atoms. The number of hydrogen-bond acceptors (Lipinski definition) is 6. The largest absolute Gasteiger partial charge is 0.424 e. The molecular weight excluding hydrogens is 419 g/mol. The molecule has 2 heterocycles. The second-order valence-electron chi connectivity index (χ2n) is 7.21. The number of carbonyl (C=O) groups is 1. The standard InChI is InChI=1S/C20H24F3N3O3S/c1-14-13-30-18(25-14)19(28,20(21,22)23)11-17(27)24-12-16(15-5-3-2-4-6-15)26-7-9-29-10-8-26/h2-6,13,16,28H,7-12H2,1H3,(H,24,27). The van der Waals surface area contributed by atoms with E-state index in [0.717, 1.165) is 5.56 Å². The Morgan fingerprint density at radius 3 is 2.53 bits per heavy atom. The van der Waals surface area contributed by atoms with E-state index in [-0.39, 0.29) is 12.6 Å². The van der Waals surface area contributed by atoms with E-state index in [9.17, 15) is 23.1 Å². The van der Waals surface area contributed by atoms with Crippen molar-refractivity contribution in [3.05, 3.63) is 52.0 Å². The zero-order valence-corrected chi connectivity index (χ0v) is 17.3. The minimum Gasteiger partial charge on any atom is -0.379 e. The van der Waals surface area contributed by atoms with Gasteiger partial charge in [-0.25, -0.2) is 4.98 Å². The number of alkyl halides is 3. The van der Waals surface area contributed by atoms with Crippen LogP contribution in [0.25, 0.3) is 0 Å². The molecule has 1 aliphatic heterocycles. The summed E-state index contributed by atoms with van der Waals surface area (Å²) >= 11 is 0.686. The molecule has 6 nitrogen and oxygen atoms in total. The third-order valence-corrected chi connectivity index (χ3v) is 6.13. The van der Waals surface area contributed by atoms with E-state index in [1.54, 1.807) is 0 Å². The van der Waals surface area contributed by atoms with Crippen LogP contribution in [0.5, 0.6) is 0 Å². The van der Waals surface area contributed by atoms with Gasteiger partial charge >= 0.3 is 6.18 Å². The van der Waals surface area contributed by atoms with Gasteiger partial charge in [0, 0.05) is 30.7 Å². The molecule has 1 aromatic heterocycles. The van der Waals surface area contributed by atoms with E-state index in [4.69, 9.17) is 4.74 Å². The van der Waals surface area contributed by atoms with Gasteiger partial charge in [0.15, 0.2) is 0 Å². The zero-order chi connectivity index (χ0) is 21.8. The lowest BCUT2D eigenvalue weighted by Crippen LogP contribution is -2.48. The number of morpholine rings is 1. The van der Waals surface area contributed by atoms with Gasteiger partial charge in [0.25, 0.3) is 0 Å². The highest BCUT2D eigenvalue weighted by molar-refractivity contribution is 7.09. The van der Waals surface area contributed by atoms with Gasteiger partial charge in [0.05, 0.1) is 25.7 Å². The molecule has 0 saturated carbocycles. The summed E-state index contributed by atoms with van der Waals surface area (Å²) in [4.78, 5) is 18.4. The first-order chi connectivity index (χ1) is 14.2. The fourth-order valence-corrected chi connectivity index (χ4v) is 4.28. The first-order valence-electron chi connectivity index (χ1n) is 9.56. The summed E-state index contributed by atoms with van der Waals surface area (Å²) in [5.41, 5.74) is -2.02. The molecular formula is C20H24F3N3O3S. The average molecular weight is 443 g/mol. The minimum atomic E-state index is -5.03. The summed E-state index contributed by atoms with van der Waals surface area (Å²) in [5.74, 6) is -0.892. The number of nitrogens with zero attached hydrogens (tertiary/aromatic N) is 2. The number of halogens is 3. The van der Waals surface area contributed by atoms with Crippen molar-refractivity contribution in [2.24, 2.45) is 0 Å². The van der Waals surface area contributed by atoms with Crippen molar-refractivity contribution >= 4 is 17.2 Å².